The van der Waals surface area contributed by atoms with Gasteiger partial charge in [0.15, 0.2) is 5.69 Å². The maximum atomic E-state index is 12.8. The minimum atomic E-state index is -4.67. The number of nitrogens with zero attached hydrogens (tertiary/aromatic N) is 2. The number of hydrogen-bond acceptors (Lipinski definition) is 4. The first-order chi connectivity index (χ1) is 10.4. The number of ether oxygens (including phenoxy) is 1. The summed E-state index contributed by atoms with van der Waals surface area (Å²) >= 11 is -0.204. The zero-order valence-electron chi connectivity index (χ0n) is 10.9. The standard InChI is InChI=1S/C14H8F3N2O2S/c1-2-6-21-10-5-3-4-9(7-10)11-8-12(14(15,16)17)19-13(18-11)22-20/h1,3-5,7-8H,6H2/q+1. The molecule has 112 valence electrons. The quantitative estimate of drug-likeness (QED) is 0.493. The van der Waals surface area contributed by atoms with E-state index in [-0.39, 0.29) is 24.0 Å². The van der Waals surface area contributed by atoms with E-state index in [4.69, 9.17) is 11.2 Å². The molecule has 1 aromatic heterocycles. The van der Waals surface area contributed by atoms with Gasteiger partial charge in [0.1, 0.15) is 12.4 Å². The minimum Gasteiger partial charge on any atom is -0.481 e. The van der Waals surface area contributed by atoms with Gasteiger partial charge in [-0.15, -0.1) is 6.42 Å². The average Bonchev–Trinajstić information content (AvgIpc) is 2.52. The van der Waals surface area contributed by atoms with Gasteiger partial charge in [-0.05, 0) is 18.2 Å². The van der Waals surface area contributed by atoms with Crippen molar-refractivity contribution >= 4 is 11.7 Å². The van der Waals surface area contributed by atoms with Crippen LogP contribution in [0.3, 0.4) is 0 Å². The summed E-state index contributed by atoms with van der Waals surface area (Å²) < 4.78 is 54.4. The molecule has 2 rings (SSSR count). The van der Waals surface area contributed by atoms with E-state index >= 15 is 0 Å². The molecule has 2 aromatic rings. The molecule has 0 fully saturated rings. The van der Waals surface area contributed by atoms with Crippen molar-refractivity contribution in [3.8, 4) is 29.4 Å². The fourth-order valence-electron chi connectivity index (χ4n) is 1.63. The summed E-state index contributed by atoms with van der Waals surface area (Å²) in [6.45, 7) is 0.0304. The maximum absolute atomic E-state index is 12.8. The highest BCUT2D eigenvalue weighted by atomic mass is 32.1. The molecule has 0 radical (unpaired) electrons. The molecule has 1 heterocycles. The van der Waals surface area contributed by atoms with Crippen molar-refractivity contribution in [3.05, 3.63) is 36.0 Å². The Balaban J connectivity index is 2.48. The van der Waals surface area contributed by atoms with Gasteiger partial charge in [0.05, 0.1) is 5.69 Å². The molecule has 0 aliphatic carbocycles. The summed E-state index contributed by atoms with van der Waals surface area (Å²) in [4.78, 5) is 6.98. The van der Waals surface area contributed by atoms with Crippen LogP contribution in [0.15, 0.2) is 35.5 Å². The SMILES string of the molecule is C#CCOc1cccc(-c2cc(C(F)(F)F)nc([S+]=O)n2)c1. The molecule has 22 heavy (non-hydrogen) atoms. The summed E-state index contributed by atoms with van der Waals surface area (Å²) in [5.41, 5.74) is -0.838. The summed E-state index contributed by atoms with van der Waals surface area (Å²) in [6, 6.07) is 7.00. The van der Waals surface area contributed by atoms with E-state index in [0.29, 0.717) is 11.3 Å². The van der Waals surface area contributed by atoms with E-state index in [1.807, 2.05) is 0 Å². The number of halogens is 3. The maximum Gasteiger partial charge on any atom is 0.550 e. The van der Waals surface area contributed by atoms with E-state index < -0.39 is 17.0 Å². The van der Waals surface area contributed by atoms with Crippen molar-refractivity contribution in [2.24, 2.45) is 0 Å². The van der Waals surface area contributed by atoms with Crippen molar-refractivity contribution in [3.63, 3.8) is 0 Å². The van der Waals surface area contributed by atoms with Gasteiger partial charge in [0.2, 0.25) is 0 Å². The van der Waals surface area contributed by atoms with Crippen molar-refractivity contribution < 1.29 is 22.1 Å². The molecular formula is C14H8F3N2O2S+. The molecule has 0 unspecified atom stereocenters. The summed E-state index contributed by atoms with van der Waals surface area (Å²) in [6.07, 6.45) is 0.406. The van der Waals surface area contributed by atoms with Crippen molar-refractivity contribution in [1.29, 1.82) is 0 Å². The van der Waals surface area contributed by atoms with Crippen LogP contribution in [-0.4, -0.2) is 16.6 Å². The highest BCUT2D eigenvalue weighted by Crippen LogP contribution is 2.31. The first-order valence-electron chi connectivity index (χ1n) is 5.87. The lowest BCUT2D eigenvalue weighted by Gasteiger charge is -2.07. The van der Waals surface area contributed by atoms with Crippen LogP contribution in [-0.2, 0) is 22.1 Å². The van der Waals surface area contributed by atoms with Crippen LogP contribution in [0.1, 0.15) is 5.69 Å². The Morgan fingerprint density at radius 2 is 2.05 bits per heavy atom. The van der Waals surface area contributed by atoms with Crippen LogP contribution in [0.4, 0.5) is 13.2 Å². The van der Waals surface area contributed by atoms with Crippen LogP contribution >= 0.6 is 0 Å². The van der Waals surface area contributed by atoms with Crippen LogP contribution in [0.25, 0.3) is 11.3 Å². The molecule has 0 amide bonds. The first-order valence-corrected chi connectivity index (χ1v) is 6.61. The molecule has 0 saturated carbocycles. The zero-order chi connectivity index (χ0) is 16.2. The van der Waals surface area contributed by atoms with Crippen molar-refractivity contribution in [2.75, 3.05) is 6.61 Å². The van der Waals surface area contributed by atoms with Crippen LogP contribution in [0.5, 0.6) is 5.75 Å². The topological polar surface area (TPSA) is 52.1 Å². The molecule has 0 spiro atoms. The average molecular weight is 325 g/mol. The smallest absolute Gasteiger partial charge is 0.481 e. The van der Waals surface area contributed by atoms with Crippen LogP contribution < -0.4 is 4.74 Å². The molecule has 0 saturated heterocycles. The minimum absolute atomic E-state index is 0.0215. The molecule has 1 aromatic carbocycles. The van der Waals surface area contributed by atoms with Gasteiger partial charge in [-0.3, -0.25) is 0 Å². The van der Waals surface area contributed by atoms with E-state index in [9.17, 15) is 17.4 Å². The number of rotatable bonds is 4. The highest BCUT2D eigenvalue weighted by molar-refractivity contribution is 7.65. The first kappa shape index (κ1) is 15.9. The number of alkyl halides is 3. The van der Waals surface area contributed by atoms with Crippen LogP contribution in [0, 0.1) is 12.3 Å². The molecular weight excluding hydrogens is 317 g/mol. The normalized spacial score (nSPS) is 10.8. The fraction of sp³-hybridized carbons (Fsp3) is 0.143. The Kier molecular flexibility index (Phi) is 4.68. The van der Waals surface area contributed by atoms with E-state index in [2.05, 4.69) is 15.9 Å². The lowest BCUT2D eigenvalue weighted by atomic mass is 10.1. The summed E-state index contributed by atoms with van der Waals surface area (Å²) in [5, 5.41) is -0.500. The second kappa shape index (κ2) is 6.49. The number of aromatic nitrogens is 2. The van der Waals surface area contributed by atoms with Gasteiger partial charge in [-0.1, -0.05) is 18.1 Å². The van der Waals surface area contributed by atoms with Crippen molar-refractivity contribution in [2.45, 2.75) is 11.3 Å². The molecule has 0 aliphatic heterocycles. The Labute approximate surface area is 127 Å². The predicted molar refractivity (Wildman–Crippen MR) is 73.1 cm³/mol. The van der Waals surface area contributed by atoms with Gasteiger partial charge in [-0.2, -0.15) is 23.1 Å². The molecule has 8 heteroatoms. The van der Waals surface area contributed by atoms with Gasteiger partial charge < -0.3 is 4.74 Å². The second-order valence-electron chi connectivity index (χ2n) is 4.02. The third-order valence-corrected chi connectivity index (χ3v) is 2.85. The Hall–Kier alpha value is -2.53. The molecule has 0 N–H and O–H groups in total. The Morgan fingerprint density at radius 1 is 1.27 bits per heavy atom. The lowest BCUT2D eigenvalue weighted by molar-refractivity contribution is -0.141. The molecule has 4 nitrogen and oxygen atoms in total. The molecule has 0 bridgehead atoms. The Bertz CT molecular complexity index is 742. The number of terminal acetylenes is 1. The number of hydrogen-bond donors (Lipinski definition) is 0. The molecule has 0 aliphatic rings. The monoisotopic (exact) mass is 325 g/mol. The van der Waals surface area contributed by atoms with Crippen LogP contribution in [0.2, 0.25) is 0 Å². The van der Waals surface area contributed by atoms with Gasteiger partial charge in [-0.25, -0.2) is 0 Å². The highest BCUT2D eigenvalue weighted by Gasteiger charge is 2.35. The summed E-state index contributed by atoms with van der Waals surface area (Å²) in [7, 11) is 0. The zero-order valence-corrected chi connectivity index (χ0v) is 11.7. The third kappa shape index (κ3) is 3.77. The van der Waals surface area contributed by atoms with Gasteiger partial charge in [0.25, 0.3) is 0 Å². The number of benzene rings is 1. The fourth-order valence-corrected chi connectivity index (χ4v) is 1.90. The summed E-state index contributed by atoms with van der Waals surface area (Å²) in [5.74, 6) is 2.67. The van der Waals surface area contributed by atoms with E-state index in [1.165, 1.54) is 6.07 Å². The van der Waals surface area contributed by atoms with Gasteiger partial charge in [0, 0.05) is 9.77 Å². The third-order valence-electron chi connectivity index (χ3n) is 2.52. The van der Waals surface area contributed by atoms with Gasteiger partial charge >= 0.3 is 23.0 Å². The Morgan fingerprint density at radius 3 is 2.68 bits per heavy atom. The lowest BCUT2D eigenvalue weighted by Crippen LogP contribution is -2.10. The van der Waals surface area contributed by atoms with E-state index in [0.717, 1.165) is 6.07 Å². The van der Waals surface area contributed by atoms with E-state index in [1.54, 1.807) is 18.2 Å². The van der Waals surface area contributed by atoms with Crippen molar-refractivity contribution in [1.82, 2.24) is 9.97 Å². The predicted octanol–water partition coefficient (Wildman–Crippen LogP) is 2.96. The largest absolute Gasteiger partial charge is 0.550 e. The molecule has 0 atom stereocenters. The second-order valence-corrected chi connectivity index (χ2v) is 4.55.